The number of hydrogen-bond donors (Lipinski definition) is 0. The Morgan fingerprint density at radius 1 is 1.05 bits per heavy atom. The highest BCUT2D eigenvalue weighted by Crippen LogP contribution is 2.26. The normalized spacial score (nSPS) is 12.1. The minimum atomic E-state index is -5.79. The number of benzene rings is 1. The molecular formula is C12H8F3NO4S. The molecule has 0 aliphatic rings. The number of pyridine rings is 1. The molecule has 5 nitrogen and oxygen atoms in total. The molecule has 0 radical (unpaired) electrons. The van der Waals surface area contributed by atoms with Crippen molar-refractivity contribution in [1.29, 1.82) is 0 Å². The molecule has 1 aromatic heterocycles. The maximum Gasteiger partial charge on any atom is 0.534 e. The van der Waals surface area contributed by atoms with Crippen molar-refractivity contribution in [3.8, 4) is 11.4 Å². The lowest BCUT2D eigenvalue weighted by Gasteiger charge is -2.10. The van der Waals surface area contributed by atoms with Gasteiger partial charge in [0.15, 0.2) is 0 Å². The molecule has 2 rings (SSSR count). The predicted octanol–water partition coefficient (Wildman–Crippen LogP) is 2.07. The fourth-order valence-corrected chi connectivity index (χ4v) is 1.94. The lowest BCUT2D eigenvalue weighted by Crippen LogP contribution is -2.28. The predicted molar refractivity (Wildman–Crippen MR) is 67.6 cm³/mol. The molecule has 0 unspecified atom stereocenters. The van der Waals surface area contributed by atoms with E-state index in [1.165, 1.54) is 0 Å². The van der Waals surface area contributed by atoms with Crippen LogP contribution in [0.15, 0.2) is 53.5 Å². The Kier molecular flexibility index (Phi) is 3.77. The molecule has 0 saturated heterocycles. The van der Waals surface area contributed by atoms with Gasteiger partial charge >= 0.3 is 15.6 Å². The molecule has 2 aromatic rings. The van der Waals surface area contributed by atoms with Crippen LogP contribution in [0.25, 0.3) is 5.69 Å². The first-order valence-corrected chi connectivity index (χ1v) is 6.90. The van der Waals surface area contributed by atoms with Crippen molar-refractivity contribution in [1.82, 2.24) is 4.57 Å². The van der Waals surface area contributed by atoms with E-state index in [1.54, 1.807) is 30.3 Å². The van der Waals surface area contributed by atoms with Crippen molar-refractivity contribution >= 4 is 10.1 Å². The molecule has 0 aliphatic carbocycles. The van der Waals surface area contributed by atoms with E-state index in [4.69, 9.17) is 0 Å². The number of rotatable bonds is 3. The molecule has 1 aromatic carbocycles. The Bertz CT molecular complexity index is 797. The van der Waals surface area contributed by atoms with Gasteiger partial charge in [0.25, 0.3) is 5.56 Å². The highest BCUT2D eigenvalue weighted by molar-refractivity contribution is 7.87. The highest BCUT2D eigenvalue weighted by atomic mass is 32.2. The average Bonchev–Trinajstić information content (AvgIpc) is 2.38. The van der Waals surface area contributed by atoms with Crippen molar-refractivity contribution in [2.75, 3.05) is 0 Å². The first kappa shape index (κ1) is 15.1. The molecule has 0 atom stereocenters. The van der Waals surface area contributed by atoms with E-state index in [9.17, 15) is 26.4 Å². The van der Waals surface area contributed by atoms with E-state index in [-0.39, 0.29) is 0 Å². The summed E-state index contributed by atoms with van der Waals surface area (Å²) in [6.45, 7) is 0. The van der Waals surface area contributed by atoms with E-state index >= 15 is 0 Å². The lowest BCUT2D eigenvalue weighted by molar-refractivity contribution is -0.0500. The van der Waals surface area contributed by atoms with Gasteiger partial charge in [-0.1, -0.05) is 18.2 Å². The topological polar surface area (TPSA) is 65.4 Å². The van der Waals surface area contributed by atoms with Gasteiger partial charge in [-0.3, -0.25) is 9.36 Å². The van der Waals surface area contributed by atoms with Crippen LogP contribution in [0.1, 0.15) is 0 Å². The lowest BCUT2D eigenvalue weighted by atomic mass is 10.3. The monoisotopic (exact) mass is 319 g/mol. The van der Waals surface area contributed by atoms with Crippen molar-refractivity contribution in [3.63, 3.8) is 0 Å². The van der Waals surface area contributed by atoms with Crippen LogP contribution in [0, 0.1) is 0 Å². The summed E-state index contributed by atoms with van der Waals surface area (Å²) < 4.78 is 63.2. The molecule has 0 N–H and O–H groups in total. The van der Waals surface area contributed by atoms with Crippen LogP contribution in [-0.2, 0) is 10.1 Å². The summed E-state index contributed by atoms with van der Waals surface area (Å²) in [4.78, 5) is 11.8. The second-order valence-electron chi connectivity index (χ2n) is 3.89. The smallest absolute Gasteiger partial charge is 0.376 e. The average molecular weight is 319 g/mol. The number of halogens is 3. The standard InChI is InChI=1S/C12H8F3NO4S/c13-12(14,15)21(18,19)20-10-6-7-16(11(17)8-10)9-4-2-1-3-5-9/h1-8H. The fourth-order valence-electron chi connectivity index (χ4n) is 1.49. The summed E-state index contributed by atoms with van der Waals surface area (Å²) in [5, 5.41) is 0. The van der Waals surface area contributed by atoms with Gasteiger partial charge in [-0.15, -0.1) is 0 Å². The van der Waals surface area contributed by atoms with Gasteiger partial charge in [-0.2, -0.15) is 21.6 Å². The SMILES string of the molecule is O=c1cc(OS(=O)(=O)C(F)(F)F)ccn1-c1ccccc1. The molecule has 0 amide bonds. The Labute approximate surface area is 117 Å². The molecule has 9 heteroatoms. The summed E-state index contributed by atoms with van der Waals surface area (Å²) in [5.74, 6) is -0.704. The van der Waals surface area contributed by atoms with Gasteiger partial charge in [0.2, 0.25) is 0 Å². The molecule has 0 fully saturated rings. The largest absolute Gasteiger partial charge is 0.534 e. The molecule has 0 spiro atoms. The third kappa shape index (κ3) is 3.24. The Morgan fingerprint density at radius 2 is 1.67 bits per heavy atom. The fraction of sp³-hybridized carbons (Fsp3) is 0.0833. The minimum absolute atomic E-state index is 0.479. The van der Waals surface area contributed by atoms with Gasteiger partial charge in [-0.05, 0) is 18.2 Å². The Hall–Kier alpha value is -2.29. The van der Waals surface area contributed by atoms with Crippen LogP contribution in [0.3, 0.4) is 0 Å². The summed E-state index contributed by atoms with van der Waals surface area (Å²) in [6.07, 6.45) is 1.12. The zero-order valence-corrected chi connectivity index (χ0v) is 11.1. The van der Waals surface area contributed by atoms with Crippen molar-refractivity contribution in [2.45, 2.75) is 5.51 Å². The van der Waals surface area contributed by atoms with Gasteiger partial charge in [0.1, 0.15) is 5.75 Å². The third-order valence-electron chi connectivity index (χ3n) is 2.41. The minimum Gasteiger partial charge on any atom is -0.376 e. The van der Waals surface area contributed by atoms with Crippen molar-refractivity contribution in [2.24, 2.45) is 0 Å². The van der Waals surface area contributed by atoms with Gasteiger partial charge in [-0.25, -0.2) is 0 Å². The first-order valence-electron chi connectivity index (χ1n) is 5.49. The quantitative estimate of drug-likeness (QED) is 0.642. The summed E-state index contributed by atoms with van der Waals surface area (Å²) in [5.41, 5.74) is -5.80. The molecular weight excluding hydrogens is 311 g/mol. The molecule has 112 valence electrons. The summed E-state index contributed by atoms with van der Waals surface area (Å²) in [6, 6.07) is 9.89. The third-order valence-corrected chi connectivity index (χ3v) is 3.39. The van der Waals surface area contributed by atoms with Crippen LogP contribution < -0.4 is 9.74 Å². The van der Waals surface area contributed by atoms with E-state index < -0.39 is 26.9 Å². The number of hydrogen-bond acceptors (Lipinski definition) is 4. The molecule has 0 bridgehead atoms. The molecule has 0 saturated carbocycles. The van der Waals surface area contributed by atoms with Crippen LogP contribution in [0.4, 0.5) is 13.2 Å². The van der Waals surface area contributed by atoms with Gasteiger partial charge in [0, 0.05) is 18.0 Å². The maximum atomic E-state index is 12.2. The number of nitrogens with zero attached hydrogens (tertiary/aromatic N) is 1. The number of aromatic nitrogens is 1. The Morgan fingerprint density at radius 3 is 2.19 bits per heavy atom. The van der Waals surface area contributed by atoms with Crippen molar-refractivity contribution in [3.05, 3.63) is 59.0 Å². The second kappa shape index (κ2) is 5.24. The first-order chi connectivity index (χ1) is 9.71. The zero-order chi connectivity index (χ0) is 15.7. The molecule has 21 heavy (non-hydrogen) atoms. The van der Waals surface area contributed by atoms with E-state index in [0.29, 0.717) is 11.8 Å². The zero-order valence-electron chi connectivity index (χ0n) is 10.2. The summed E-state index contributed by atoms with van der Waals surface area (Å²) >= 11 is 0. The van der Waals surface area contributed by atoms with Crippen LogP contribution in [0.2, 0.25) is 0 Å². The van der Waals surface area contributed by atoms with Crippen LogP contribution in [-0.4, -0.2) is 18.5 Å². The second-order valence-corrected chi connectivity index (χ2v) is 5.43. The Balaban J connectivity index is 2.36. The van der Waals surface area contributed by atoms with Gasteiger partial charge < -0.3 is 4.18 Å². The maximum absolute atomic E-state index is 12.2. The highest BCUT2D eigenvalue weighted by Gasteiger charge is 2.48. The number of alkyl halides is 3. The summed E-state index contributed by atoms with van der Waals surface area (Å²) in [7, 11) is -5.79. The number of para-hydroxylation sites is 1. The van der Waals surface area contributed by atoms with Crippen LogP contribution >= 0.6 is 0 Å². The molecule has 1 heterocycles. The van der Waals surface area contributed by atoms with E-state index in [2.05, 4.69) is 4.18 Å². The van der Waals surface area contributed by atoms with E-state index in [1.807, 2.05) is 0 Å². The van der Waals surface area contributed by atoms with Gasteiger partial charge in [0.05, 0.1) is 0 Å². The van der Waals surface area contributed by atoms with Crippen LogP contribution in [0.5, 0.6) is 5.75 Å². The molecule has 0 aliphatic heterocycles. The van der Waals surface area contributed by atoms with Crippen molar-refractivity contribution < 1.29 is 25.8 Å². The van der Waals surface area contributed by atoms with E-state index in [0.717, 1.165) is 16.8 Å².